The van der Waals surface area contributed by atoms with Gasteiger partial charge in [-0.05, 0) is 43.0 Å². The minimum absolute atomic E-state index is 0.105. The predicted octanol–water partition coefficient (Wildman–Crippen LogP) is 2.16. The molecule has 0 aromatic heterocycles. The number of halogens is 1. The van der Waals surface area contributed by atoms with E-state index in [1.54, 1.807) is 30.9 Å². The number of likely N-dealkylation sites (tertiary alicyclic amines) is 1. The van der Waals surface area contributed by atoms with Crippen LogP contribution < -0.4 is 4.72 Å². The molecular weight excluding hydrogens is 436 g/mol. The molecule has 1 aromatic carbocycles. The van der Waals surface area contributed by atoms with Crippen molar-refractivity contribution in [3.63, 3.8) is 0 Å². The Morgan fingerprint density at radius 3 is 2.22 bits per heavy atom. The molecule has 7 nitrogen and oxygen atoms in total. The second-order valence-electron chi connectivity index (χ2n) is 6.92. The molecule has 1 aliphatic rings. The van der Waals surface area contributed by atoms with E-state index < -0.39 is 16.1 Å². The number of hydrogen-bond donors (Lipinski definition) is 1. The third-order valence-corrected chi connectivity index (χ3v) is 6.67. The van der Waals surface area contributed by atoms with Crippen molar-refractivity contribution in [2.24, 2.45) is 11.8 Å². The Hall–Kier alpha value is -1.45. The Bertz CT molecular complexity index is 771. The van der Waals surface area contributed by atoms with Crippen molar-refractivity contribution in [1.82, 2.24) is 9.62 Å². The molecule has 150 valence electrons. The van der Waals surface area contributed by atoms with Gasteiger partial charge >= 0.3 is 5.97 Å². The van der Waals surface area contributed by atoms with Crippen molar-refractivity contribution in [2.75, 3.05) is 20.2 Å². The van der Waals surface area contributed by atoms with Gasteiger partial charge in [0.15, 0.2) is 0 Å². The number of rotatable bonds is 6. The number of esters is 1. The van der Waals surface area contributed by atoms with Crippen LogP contribution >= 0.6 is 15.9 Å². The van der Waals surface area contributed by atoms with Crippen LogP contribution in [0, 0.1) is 11.8 Å². The van der Waals surface area contributed by atoms with Crippen molar-refractivity contribution in [1.29, 1.82) is 0 Å². The van der Waals surface area contributed by atoms with Crippen molar-refractivity contribution in [3.05, 3.63) is 28.7 Å². The summed E-state index contributed by atoms with van der Waals surface area (Å²) in [4.78, 5) is 26.3. The molecule has 27 heavy (non-hydrogen) atoms. The van der Waals surface area contributed by atoms with E-state index in [1.807, 2.05) is 0 Å². The molecule has 1 atom stereocenters. The standard InChI is InChI=1S/C18H25BrN2O5S/c1-12(2)16(20-27(24,25)15-6-4-14(19)5-7-15)17(22)21-10-8-13(9-11-21)18(23)26-3/h4-7,12-13,16,20H,8-11H2,1-3H3/t16-/m0/s1. The number of hydrogen-bond acceptors (Lipinski definition) is 5. The highest BCUT2D eigenvalue weighted by molar-refractivity contribution is 9.10. The van der Waals surface area contributed by atoms with E-state index in [2.05, 4.69) is 20.7 Å². The smallest absolute Gasteiger partial charge is 0.308 e. The summed E-state index contributed by atoms with van der Waals surface area (Å²) in [5, 5.41) is 0. The van der Waals surface area contributed by atoms with Crippen molar-refractivity contribution in [2.45, 2.75) is 37.6 Å². The van der Waals surface area contributed by atoms with Crippen LogP contribution in [-0.2, 0) is 24.3 Å². The number of carbonyl (C=O) groups is 2. The first-order valence-electron chi connectivity index (χ1n) is 8.80. The third kappa shape index (κ3) is 5.52. The third-order valence-electron chi connectivity index (χ3n) is 4.68. The van der Waals surface area contributed by atoms with E-state index >= 15 is 0 Å². The van der Waals surface area contributed by atoms with Gasteiger partial charge in [0, 0.05) is 17.6 Å². The van der Waals surface area contributed by atoms with Crippen molar-refractivity contribution < 1.29 is 22.7 Å². The topological polar surface area (TPSA) is 92.8 Å². The summed E-state index contributed by atoms with van der Waals surface area (Å²) in [7, 11) is -2.47. The van der Waals surface area contributed by atoms with Gasteiger partial charge in [0.25, 0.3) is 0 Å². The van der Waals surface area contributed by atoms with E-state index in [-0.39, 0.29) is 28.6 Å². The number of carbonyl (C=O) groups excluding carboxylic acids is 2. The van der Waals surface area contributed by atoms with Gasteiger partial charge in [0.05, 0.1) is 17.9 Å². The van der Waals surface area contributed by atoms with Crippen LogP contribution in [0.4, 0.5) is 0 Å². The van der Waals surface area contributed by atoms with Gasteiger partial charge in [0.2, 0.25) is 15.9 Å². The molecule has 0 radical (unpaired) electrons. The molecule has 1 N–H and O–H groups in total. The maximum Gasteiger partial charge on any atom is 0.308 e. The van der Waals surface area contributed by atoms with Gasteiger partial charge in [-0.1, -0.05) is 29.8 Å². The normalized spacial score (nSPS) is 17.0. The average Bonchev–Trinajstić information content (AvgIpc) is 2.65. The molecule has 1 heterocycles. The quantitative estimate of drug-likeness (QED) is 0.656. The van der Waals surface area contributed by atoms with E-state index in [0.717, 1.165) is 4.47 Å². The Kier molecular flexibility index (Phi) is 7.41. The van der Waals surface area contributed by atoms with E-state index in [1.165, 1.54) is 19.2 Å². The van der Waals surface area contributed by atoms with Gasteiger partial charge in [-0.25, -0.2) is 8.42 Å². The summed E-state index contributed by atoms with van der Waals surface area (Å²) in [6, 6.07) is 5.37. The monoisotopic (exact) mass is 460 g/mol. The zero-order valence-corrected chi connectivity index (χ0v) is 18.0. The van der Waals surface area contributed by atoms with E-state index in [9.17, 15) is 18.0 Å². The molecule has 1 fully saturated rings. The van der Waals surface area contributed by atoms with Crippen LogP contribution in [0.5, 0.6) is 0 Å². The highest BCUT2D eigenvalue weighted by Gasteiger charge is 2.34. The fourth-order valence-corrected chi connectivity index (χ4v) is 4.62. The Balaban J connectivity index is 2.09. The number of benzene rings is 1. The van der Waals surface area contributed by atoms with Gasteiger partial charge in [-0.3, -0.25) is 9.59 Å². The minimum Gasteiger partial charge on any atom is -0.469 e. The predicted molar refractivity (Wildman–Crippen MR) is 104 cm³/mol. The van der Waals surface area contributed by atoms with Crippen LogP contribution in [0.1, 0.15) is 26.7 Å². The number of nitrogens with one attached hydrogen (secondary N) is 1. The molecule has 0 spiro atoms. The number of ether oxygens (including phenoxy) is 1. The minimum atomic E-state index is -3.83. The molecule has 1 aliphatic heterocycles. The second-order valence-corrected chi connectivity index (χ2v) is 9.55. The fourth-order valence-electron chi connectivity index (χ4n) is 3.02. The molecule has 0 bridgehead atoms. The maximum atomic E-state index is 12.9. The summed E-state index contributed by atoms with van der Waals surface area (Å²) in [5.41, 5.74) is 0. The van der Waals surface area contributed by atoms with Crippen molar-refractivity contribution >= 4 is 37.8 Å². The Labute approximate surface area is 168 Å². The Morgan fingerprint density at radius 2 is 1.74 bits per heavy atom. The van der Waals surface area contributed by atoms with Crippen LogP contribution in [-0.4, -0.2) is 51.4 Å². The molecule has 2 rings (SSSR count). The molecule has 0 unspecified atom stereocenters. The van der Waals surface area contributed by atoms with Gasteiger partial charge in [0.1, 0.15) is 6.04 Å². The van der Waals surface area contributed by atoms with Crippen LogP contribution in [0.15, 0.2) is 33.6 Å². The summed E-state index contributed by atoms with van der Waals surface area (Å²) in [5.74, 6) is -0.968. The average molecular weight is 461 g/mol. The summed E-state index contributed by atoms with van der Waals surface area (Å²) >= 11 is 3.27. The first-order chi connectivity index (χ1) is 12.7. The lowest BCUT2D eigenvalue weighted by Crippen LogP contribution is -2.53. The molecule has 1 saturated heterocycles. The molecule has 1 amide bonds. The first-order valence-corrected chi connectivity index (χ1v) is 11.1. The molecule has 0 aliphatic carbocycles. The van der Waals surface area contributed by atoms with Gasteiger partial charge in [-0.15, -0.1) is 0 Å². The molecular formula is C18H25BrN2O5S. The number of piperidine rings is 1. The number of amides is 1. The lowest BCUT2D eigenvalue weighted by Gasteiger charge is -2.34. The summed E-state index contributed by atoms with van der Waals surface area (Å²) < 4.78 is 33.4. The Morgan fingerprint density at radius 1 is 1.19 bits per heavy atom. The van der Waals surface area contributed by atoms with E-state index in [0.29, 0.717) is 25.9 Å². The maximum absolute atomic E-state index is 12.9. The lowest BCUT2D eigenvalue weighted by molar-refractivity contribution is -0.149. The zero-order chi connectivity index (χ0) is 20.2. The first kappa shape index (κ1) is 21.8. The summed E-state index contributed by atoms with van der Waals surface area (Å²) in [6.45, 7) is 4.41. The van der Waals surface area contributed by atoms with Gasteiger partial charge < -0.3 is 9.64 Å². The zero-order valence-electron chi connectivity index (χ0n) is 15.6. The summed E-state index contributed by atoms with van der Waals surface area (Å²) in [6.07, 6.45) is 1.03. The highest BCUT2D eigenvalue weighted by Crippen LogP contribution is 2.21. The van der Waals surface area contributed by atoms with Crippen molar-refractivity contribution in [3.8, 4) is 0 Å². The van der Waals surface area contributed by atoms with Crippen LogP contribution in [0.2, 0.25) is 0 Å². The fraction of sp³-hybridized carbons (Fsp3) is 0.556. The van der Waals surface area contributed by atoms with Crippen LogP contribution in [0.3, 0.4) is 0 Å². The number of sulfonamides is 1. The highest BCUT2D eigenvalue weighted by atomic mass is 79.9. The van der Waals surface area contributed by atoms with Crippen LogP contribution in [0.25, 0.3) is 0 Å². The SMILES string of the molecule is COC(=O)C1CCN(C(=O)[C@@H](NS(=O)(=O)c2ccc(Br)cc2)C(C)C)CC1. The number of nitrogens with zero attached hydrogens (tertiary/aromatic N) is 1. The lowest BCUT2D eigenvalue weighted by atomic mass is 9.95. The molecule has 1 aromatic rings. The largest absolute Gasteiger partial charge is 0.469 e. The van der Waals surface area contributed by atoms with Gasteiger partial charge in [-0.2, -0.15) is 4.72 Å². The second kappa shape index (κ2) is 9.16. The van der Waals surface area contributed by atoms with E-state index in [4.69, 9.17) is 4.74 Å². The molecule has 9 heteroatoms. The number of methoxy groups -OCH3 is 1. The molecule has 0 saturated carbocycles.